The van der Waals surface area contributed by atoms with E-state index in [9.17, 15) is 32.3 Å². The number of H-pyrrole nitrogens is 2. The van der Waals surface area contributed by atoms with Crippen LogP contribution in [0.3, 0.4) is 0 Å². The van der Waals surface area contributed by atoms with Gasteiger partial charge >= 0.3 is 18.5 Å². The Balaban J connectivity index is 1.04. The second-order valence-corrected chi connectivity index (χ2v) is 18.6. The molecule has 6 aromatic rings. The van der Waals surface area contributed by atoms with Crippen molar-refractivity contribution in [3.63, 3.8) is 0 Å². The van der Waals surface area contributed by atoms with Crippen LogP contribution in [0.4, 0.5) is 27.2 Å². The van der Waals surface area contributed by atoms with Gasteiger partial charge in [-0.25, -0.2) is 23.9 Å². The van der Waals surface area contributed by atoms with Crippen LogP contribution in [0.1, 0.15) is 82.5 Å². The largest absolute Gasteiger partial charge is 0.573 e. The third-order valence-corrected chi connectivity index (χ3v) is 13.2. The maximum Gasteiger partial charge on any atom is 0.573 e. The number of halogens is 4. The maximum atomic E-state index is 15.1. The molecule has 0 radical (unpaired) electrons. The van der Waals surface area contributed by atoms with E-state index in [0.717, 1.165) is 22.9 Å². The highest BCUT2D eigenvalue weighted by atomic mass is 19.4. The van der Waals surface area contributed by atoms with Gasteiger partial charge in [-0.1, -0.05) is 52.0 Å². The Labute approximate surface area is 405 Å². The molecule has 0 saturated carbocycles. The fourth-order valence-electron chi connectivity index (χ4n) is 9.78. The zero-order chi connectivity index (χ0) is 50.5. The number of nitrogens with zero attached hydrogens (tertiary/aromatic N) is 5. The highest BCUT2D eigenvalue weighted by molar-refractivity contribution is 5.93. The standard InChI is InChI=1S/C50H53F4N9O8/c1-25(2)41(59-48(66)68-5)45(64)61-16-8-11-37(61)43-55-22-34(57-43)27-13-15-36-30(17-27)19-38-33-14-12-28(20-40(33)70-47(63(36)38)29-9-7-10-32(18-29)71-50(52,53)54)35-23-56-44(58-35)39-21-31(51)24-62(39)46(65)42(26(3)4)60-49(67)69-6/h7,9-10,12-15,17-20,22-23,25-26,31,37,39,41-42,47H,8,11,16,21,24H2,1-6H3,(H,55,57)(H,56,58)(H,59,66)(H,60,67)/t31-,37+,39+,41+,42+,47?/m1/s1. The van der Waals surface area contributed by atoms with Crippen molar-refractivity contribution in [1.82, 2.24) is 44.9 Å². The number of carbonyl (C=O) groups is 4. The first-order valence-corrected chi connectivity index (χ1v) is 23.3. The van der Waals surface area contributed by atoms with Crippen molar-refractivity contribution >= 4 is 34.9 Å². The van der Waals surface area contributed by atoms with E-state index in [0.29, 0.717) is 64.1 Å². The quantitative estimate of drug-likeness (QED) is 0.0859. The molecule has 6 heterocycles. The highest BCUT2D eigenvalue weighted by Crippen LogP contribution is 2.47. The van der Waals surface area contributed by atoms with Crippen molar-refractivity contribution in [3.05, 3.63) is 96.3 Å². The highest BCUT2D eigenvalue weighted by Gasteiger charge is 2.42. The van der Waals surface area contributed by atoms with Gasteiger partial charge in [-0.2, -0.15) is 0 Å². The van der Waals surface area contributed by atoms with Crippen molar-refractivity contribution in [2.24, 2.45) is 11.8 Å². The molecule has 71 heavy (non-hydrogen) atoms. The Hall–Kier alpha value is -7.58. The predicted molar refractivity (Wildman–Crippen MR) is 250 cm³/mol. The van der Waals surface area contributed by atoms with Gasteiger partial charge in [-0.15, -0.1) is 13.2 Å². The molecule has 17 nitrogen and oxygen atoms in total. The molecule has 374 valence electrons. The van der Waals surface area contributed by atoms with Gasteiger partial charge in [0.05, 0.1) is 67.8 Å². The summed E-state index contributed by atoms with van der Waals surface area (Å²) in [5, 5.41) is 6.02. The predicted octanol–water partition coefficient (Wildman–Crippen LogP) is 8.96. The molecular formula is C50H53F4N9O8. The number of ether oxygens (including phenoxy) is 4. The lowest BCUT2D eigenvalue weighted by Gasteiger charge is -2.31. The molecule has 4 amide bonds. The summed E-state index contributed by atoms with van der Waals surface area (Å²) in [6.07, 6.45) is -4.03. The van der Waals surface area contributed by atoms with Crippen molar-refractivity contribution < 1.29 is 55.7 Å². The lowest BCUT2D eigenvalue weighted by molar-refractivity contribution is -0.274. The maximum absolute atomic E-state index is 15.1. The third-order valence-electron chi connectivity index (χ3n) is 13.2. The minimum Gasteiger partial charge on any atom is -0.465 e. The molecule has 3 aliphatic rings. The Kier molecular flexibility index (Phi) is 13.2. The average Bonchev–Trinajstić information content (AvgIpc) is 4.20. The number of fused-ring (bicyclic) bond motifs is 5. The van der Waals surface area contributed by atoms with E-state index in [4.69, 9.17) is 19.2 Å². The van der Waals surface area contributed by atoms with Gasteiger partial charge in [0, 0.05) is 40.6 Å². The number of benzene rings is 3. The van der Waals surface area contributed by atoms with Crippen molar-refractivity contribution in [3.8, 4) is 45.3 Å². The summed E-state index contributed by atoms with van der Waals surface area (Å²) < 4.78 is 78.0. The van der Waals surface area contributed by atoms with Crippen LogP contribution in [0, 0.1) is 11.8 Å². The van der Waals surface area contributed by atoms with Gasteiger partial charge in [0.2, 0.25) is 18.0 Å². The van der Waals surface area contributed by atoms with E-state index in [1.165, 1.54) is 37.3 Å². The van der Waals surface area contributed by atoms with E-state index in [-0.39, 0.29) is 36.8 Å². The van der Waals surface area contributed by atoms with Gasteiger partial charge < -0.3 is 53.9 Å². The number of imidazole rings is 2. The molecule has 0 aliphatic carbocycles. The topological polar surface area (TPSA) is 198 Å². The van der Waals surface area contributed by atoms with Crippen LogP contribution < -0.4 is 20.1 Å². The summed E-state index contributed by atoms with van der Waals surface area (Å²) in [7, 11) is 2.44. The third kappa shape index (κ3) is 9.68. The van der Waals surface area contributed by atoms with Gasteiger partial charge in [-0.3, -0.25) is 9.59 Å². The fraction of sp³-hybridized carbons (Fsp3) is 0.400. The minimum absolute atomic E-state index is 0.0156. The van der Waals surface area contributed by atoms with Gasteiger partial charge in [0.1, 0.15) is 41.4 Å². The molecule has 4 N–H and O–H groups in total. The van der Waals surface area contributed by atoms with Crippen molar-refractivity contribution in [1.29, 1.82) is 0 Å². The van der Waals surface area contributed by atoms with E-state index in [2.05, 4.69) is 30.3 Å². The number of amides is 4. The average molecular weight is 984 g/mol. The van der Waals surface area contributed by atoms with Crippen LogP contribution in [0.2, 0.25) is 0 Å². The summed E-state index contributed by atoms with van der Waals surface area (Å²) in [6.45, 7) is 7.54. The number of carbonyl (C=O) groups excluding carboxylic acids is 4. The van der Waals surface area contributed by atoms with E-state index in [1.54, 1.807) is 43.3 Å². The number of aromatic amines is 2. The van der Waals surface area contributed by atoms with Crippen molar-refractivity contribution in [2.45, 2.75) is 89.9 Å². The van der Waals surface area contributed by atoms with Crippen LogP contribution in [0.25, 0.3) is 44.7 Å². The van der Waals surface area contributed by atoms with Crippen LogP contribution >= 0.6 is 0 Å². The number of rotatable bonds is 12. The molecule has 3 aliphatic heterocycles. The van der Waals surface area contributed by atoms with Gasteiger partial charge in [-0.05, 0) is 67.1 Å². The molecule has 21 heteroatoms. The summed E-state index contributed by atoms with van der Waals surface area (Å²) in [6, 6.07) is 16.0. The smallest absolute Gasteiger partial charge is 0.465 e. The molecular weight excluding hydrogens is 931 g/mol. The summed E-state index contributed by atoms with van der Waals surface area (Å²) in [4.78, 5) is 70.9. The first kappa shape index (κ1) is 48.4. The lowest BCUT2D eigenvalue weighted by atomic mass is 10.0. The number of methoxy groups -OCH3 is 2. The number of nitrogens with one attached hydrogen (secondary N) is 4. The molecule has 1 unspecified atom stereocenters. The molecule has 3 aromatic carbocycles. The van der Waals surface area contributed by atoms with Gasteiger partial charge in [0.15, 0.2) is 0 Å². The number of aromatic nitrogens is 5. The molecule has 2 saturated heterocycles. The second-order valence-electron chi connectivity index (χ2n) is 18.6. The van der Waals surface area contributed by atoms with Crippen LogP contribution in [-0.2, 0) is 19.1 Å². The Bertz CT molecular complexity index is 2980. The van der Waals surface area contributed by atoms with Crippen LogP contribution in [-0.4, -0.2) is 110 Å². The van der Waals surface area contributed by atoms with Gasteiger partial charge in [0.25, 0.3) is 0 Å². The van der Waals surface area contributed by atoms with Crippen LogP contribution in [0.15, 0.2) is 79.1 Å². The molecule has 0 spiro atoms. The monoisotopic (exact) mass is 983 g/mol. The van der Waals surface area contributed by atoms with Crippen molar-refractivity contribution in [2.75, 3.05) is 27.3 Å². The number of hydrogen-bond donors (Lipinski definition) is 4. The second kappa shape index (κ2) is 19.3. The van der Waals surface area contributed by atoms with E-state index in [1.807, 2.05) is 54.8 Å². The first-order chi connectivity index (χ1) is 33.9. The van der Waals surface area contributed by atoms with Crippen LogP contribution in [0.5, 0.6) is 11.5 Å². The fourth-order valence-corrected chi connectivity index (χ4v) is 9.78. The SMILES string of the molecule is COC(=O)N[C@H](C(=O)N1CCC[C@H]1c1ncc(-c2ccc3c(c2)cc2n3C(c3cccc(OC(F)(F)F)c3)Oc3cc(-c4cnc([C@@H]5C[C@@H](F)CN5C(=O)[C@@H](NC(=O)OC)C(C)C)[nH]4)ccc3-2)[nH]1)C(C)C. The first-order valence-electron chi connectivity index (χ1n) is 23.3. The number of alkyl halides is 4. The number of alkyl carbamates (subject to hydrolysis) is 2. The lowest BCUT2D eigenvalue weighted by Crippen LogP contribution is -2.51. The van der Waals surface area contributed by atoms with E-state index >= 15 is 4.39 Å². The zero-order valence-electron chi connectivity index (χ0n) is 39.7. The minimum atomic E-state index is -4.93. The number of likely N-dealkylation sites (tertiary alicyclic amines) is 2. The summed E-state index contributed by atoms with van der Waals surface area (Å²) in [5.74, 6) is -0.293. The molecule has 3 aromatic heterocycles. The Morgan fingerprint density at radius 3 is 2.04 bits per heavy atom. The Morgan fingerprint density at radius 2 is 1.41 bits per heavy atom. The molecule has 6 atom stereocenters. The summed E-state index contributed by atoms with van der Waals surface area (Å²) in [5.41, 5.74) is 5.12. The number of hydrogen-bond acceptors (Lipinski definition) is 10. The Morgan fingerprint density at radius 1 is 0.789 bits per heavy atom. The normalized spacial score (nSPS) is 19.5. The molecule has 9 rings (SSSR count). The zero-order valence-corrected chi connectivity index (χ0v) is 39.7. The van der Waals surface area contributed by atoms with E-state index < -0.39 is 60.7 Å². The summed E-state index contributed by atoms with van der Waals surface area (Å²) >= 11 is 0. The molecule has 0 bridgehead atoms. The molecule has 2 fully saturated rings.